The summed E-state index contributed by atoms with van der Waals surface area (Å²) >= 11 is 12.1. The Hall–Kier alpha value is -1.44. The number of hydrogen-bond donors (Lipinski definition) is 1. The van der Waals surface area contributed by atoms with Crippen molar-refractivity contribution in [3.63, 3.8) is 0 Å². The Morgan fingerprint density at radius 2 is 2.19 bits per heavy atom. The van der Waals surface area contributed by atoms with Crippen molar-refractivity contribution >= 4 is 29.1 Å². The number of rotatable bonds is 5. The van der Waals surface area contributed by atoms with Crippen LogP contribution in [0.1, 0.15) is 25.3 Å². The van der Waals surface area contributed by atoms with Crippen molar-refractivity contribution in [2.45, 2.75) is 32.2 Å². The largest absolute Gasteiger partial charge is 0.482 e. The van der Waals surface area contributed by atoms with Gasteiger partial charge in [-0.1, -0.05) is 23.2 Å². The first-order valence-corrected chi connectivity index (χ1v) is 7.42. The molecule has 0 aliphatic heterocycles. The molecule has 4 nitrogen and oxygen atoms in total. The number of carbonyl (C=O) groups is 1. The summed E-state index contributed by atoms with van der Waals surface area (Å²) in [5.74, 6) is 0.293. The lowest BCUT2D eigenvalue weighted by molar-refractivity contribution is -0.124. The number of amides is 1. The van der Waals surface area contributed by atoms with Gasteiger partial charge >= 0.3 is 0 Å². The zero-order valence-electron chi connectivity index (χ0n) is 11.9. The number of nitrogens with zero attached hydrogens (tertiary/aromatic N) is 1. The van der Waals surface area contributed by atoms with Crippen molar-refractivity contribution in [2.75, 3.05) is 6.61 Å². The maximum absolute atomic E-state index is 11.9. The Morgan fingerprint density at radius 1 is 1.52 bits per heavy atom. The van der Waals surface area contributed by atoms with Gasteiger partial charge in [0.2, 0.25) is 0 Å². The van der Waals surface area contributed by atoms with Crippen LogP contribution in [0, 0.1) is 24.2 Å². The SMILES string of the molecule is Cc1c(Cl)ccc(OCC(=O)NC(C)(C#N)C2CC2)c1Cl. The fourth-order valence-corrected chi connectivity index (χ4v) is 2.52. The number of hydrogen-bond acceptors (Lipinski definition) is 3. The van der Waals surface area contributed by atoms with Gasteiger partial charge in [-0.25, -0.2) is 0 Å². The molecule has 0 heterocycles. The minimum atomic E-state index is -0.819. The van der Waals surface area contributed by atoms with Crippen molar-refractivity contribution < 1.29 is 9.53 Å². The second-order valence-electron chi connectivity index (χ2n) is 5.41. The van der Waals surface area contributed by atoms with E-state index < -0.39 is 5.54 Å². The van der Waals surface area contributed by atoms with E-state index in [1.54, 1.807) is 26.0 Å². The van der Waals surface area contributed by atoms with Crippen molar-refractivity contribution in [1.82, 2.24) is 5.32 Å². The molecule has 1 fully saturated rings. The fraction of sp³-hybridized carbons (Fsp3) is 0.467. The molecule has 2 rings (SSSR count). The molecule has 1 saturated carbocycles. The molecule has 1 aromatic carbocycles. The van der Waals surface area contributed by atoms with E-state index >= 15 is 0 Å². The highest BCUT2D eigenvalue weighted by molar-refractivity contribution is 6.36. The molecule has 1 N–H and O–H groups in total. The predicted molar refractivity (Wildman–Crippen MR) is 81.6 cm³/mol. The van der Waals surface area contributed by atoms with E-state index in [-0.39, 0.29) is 18.4 Å². The van der Waals surface area contributed by atoms with Crippen LogP contribution in [0.3, 0.4) is 0 Å². The quantitative estimate of drug-likeness (QED) is 0.900. The van der Waals surface area contributed by atoms with Crippen LogP contribution < -0.4 is 10.1 Å². The molecule has 1 amide bonds. The first-order chi connectivity index (χ1) is 9.87. The number of ether oxygens (including phenoxy) is 1. The van der Waals surface area contributed by atoms with Gasteiger partial charge in [0.05, 0.1) is 11.1 Å². The maximum atomic E-state index is 11.9. The second-order valence-corrected chi connectivity index (χ2v) is 6.19. The lowest BCUT2D eigenvalue weighted by Gasteiger charge is -2.23. The third-order valence-corrected chi connectivity index (χ3v) is 4.55. The summed E-state index contributed by atoms with van der Waals surface area (Å²) in [7, 11) is 0. The number of nitriles is 1. The van der Waals surface area contributed by atoms with Gasteiger partial charge in [0.15, 0.2) is 6.61 Å². The Kier molecular flexibility index (Phi) is 4.65. The van der Waals surface area contributed by atoms with Crippen LogP contribution in [0.15, 0.2) is 12.1 Å². The Balaban J connectivity index is 1.96. The summed E-state index contributed by atoms with van der Waals surface area (Å²) in [5.41, 5.74) is -0.115. The summed E-state index contributed by atoms with van der Waals surface area (Å²) in [6.45, 7) is 3.32. The molecule has 1 aromatic rings. The van der Waals surface area contributed by atoms with E-state index in [9.17, 15) is 10.1 Å². The van der Waals surface area contributed by atoms with E-state index in [4.69, 9.17) is 27.9 Å². The molecule has 0 radical (unpaired) electrons. The van der Waals surface area contributed by atoms with Gasteiger partial charge in [-0.3, -0.25) is 4.79 Å². The number of halogens is 2. The van der Waals surface area contributed by atoms with Gasteiger partial charge in [-0.15, -0.1) is 0 Å². The van der Waals surface area contributed by atoms with Crippen molar-refractivity contribution in [3.8, 4) is 11.8 Å². The molecule has 1 aliphatic rings. The van der Waals surface area contributed by atoms with Gasteiger partial charge in [-0.05, 0) is 50.3 Å². The van der Waals surface area contributed by atoms with Crippen LogP contribution in [0.4, 0.5) is 0 Å². The lowest BCUT2D eigenvalue weighted by Crippen LogP contribution is -2.48. The Morgan fingerprint density at radius 3 is 2.76 bits per heavy atom. The van der Waals surface area contributed by atoms with Crippen LogP contribution in [0.5, 0.6) is 5.75 Å². The van der Waals surface area contributed by atoms with Crippen molar-refractivity contribution in [1.29, 1.82) is 5.26 Å². The van der Waals surface area contributed by atoms with Crippen LogP contribution in [-0.4, -0.2) is 18.1 Å². The van der Waals surface area contributed by atoms with Gasteiger partial charge in [0.1, 0.15) is 11.3 Å². The Bertz CT molecular complexity index is 608. The van der Waals surface area contributed by atoms with Gasteiger partial charge < -0.3 is 10.1 Å². The standard InChI is InChI=1S/C15H16Cl2N2O2/c1-9-11(16)5-6-12(14(9)17)21-7-13(20)19-15(2,8-18)10-3-4-10/h5-6,10H,3-4,7H2,1-2H3,(H,19,20). The molecule has 0 spiro atoms. The highest BCUT2D eigenvalue weighted by atomic mass is 35.5. The molecule has 0 bridgehead atoms. The molecule has 112 valence electrons. The van der Waals surface area contributed by atoms with Crippen molar-refractivity contribution in [3.05, 3.63) is 27.7 Å². The highest BCUT2D eigenvalue weighted by Crippen LogP contribution is 2.39. The first-order valence-electron chi connectivity index (χ1n) is 6.67. The maximum Gasteiger partial charge on any atom is 0.259 e. The average molecular weight is 327 g/mol. The molecule has 21 heavy (non-hydrogen) atoms. The molecule has 1 unspecified atom stereocenters. The third kappa shape index (κ3) is 3.61. The van der Waals surface area contributed by atoms with E-state index in [1.807, 2.05) is 0 Å². The average Bonchev–Trinajstić information content (AvgIpc) is 3.29. The van der Waals surface area contributed by atoms with E-state index in [2.05, 4.69) is 11.4 Å². The first kappa shape index (κ1) is 15.9. The Labute approximate surface area is 134 Å². The summed E-state index contributed by atoms with van der Waals surface area (Å²) in [4.78, 5) is 11.9. The van der Waals surface area contributed by atoms with Gasteiger partial charge in [0.25, 0.3) is 5.91 Å². The normalized spacial score (nSPS) is 16.7. The topological polar surface area (TPSA) is 62.1 Å². The monoisotopic (exact) mass is 326 g/mol. The molecular weight excluding hydrogens is 311 g/mol. The summed E-state index contributed by atoms with van der Waals surface area (Å²) in [6.07, 6.45) is 1.93. The number of nitrogens with one attached hydrogen (secondary N) is 1. The van der Waals surface area contributed by atoms with Gasteiger partial charge in [0, 0.05) is 5.02 Å². The van der Waals surface area contributed by atoms with E-state index in [0.29, 0.717) is 21.4 Å². The minimum absolute atomic E-state index is 0.190. The number of benzene rings is 1. The van der Waals surface area contributed by atoms with E-state index in [0.717, 1.165) is 12.8 Å². The summed E-state index contributed by atoms with van der Waals surface area (Å²) in [5, 5.41) is 12.9. The summed E-state index contributed by atoms with van der Waals surface area (Å²) < 4.78 is 5.41. The molecule has 1 aliphatic carbocycles. The van der Waals surface area contributed by atoms with Crippen LogP contribution >= 0.6 is 23.2 Å². The summed E-state index contributed by atoms with van der Waals surface area (Å²) in [6, 6.07) is 5.45. The van der Waals surface area contributed by atoms with Crippen molar-refractivity contribution in [2.24, 2.45) is 5.92 Å². The molecule has 1 atom stereocenters. The molecular formula is C15H16Cl2N2O2. The van der Waals surface area contributed by atoms with E-state index in [1.165, 1.54) is 0 Å². The second kappa shape index (κ2) is 6.13. The highest BCUT2D eigenvalue weighted by Gasteiger charge is 2.43. The lowest BCUT2D eigenvalue weighted by atomic mass is 9.98. The third-order valence-electron chi connectivity index (χ3n) is 3.67. The van der Waals surface area contributed by atoms with Crippen LogP contribution in [0.25, 0.3) is 0 Å². The zero-order chi connectivity index (χ0) is 15.6. The fourth-order valence-electron chi connectivity index (χ4n) is 2.10. The van der Waals surface area contributed by atoms with Crippen LogP contribution in [-0.2, 0) is 4.79 Å². The smallest absolute Gasteiger partial charge is 0.259 e. The number of carbonyl (C=O) groups excluding carboxylic acids is 1. The zero-order valence-corrected chi connectivity index (χ0v) is 13.4. The van der Waals surface area contributed by atoms with Crippen LogP contribution in [0.2, 0.25) is 10.0 Å². The molecule has 0 saturated heterocycles. The minimum Gasteiger partial charge on any atom is -0.482 e. The molecule has 6 heteroatoms. The molecule has 0 aromatic heterocycles. The van der Waals surface area contributed by atoms with Gasteiger partial charge in [-0.2, -0.15) is 5.26 Å². The predicted octanol–water partition coefficient (Wildman–Crippen LogP) is 3.49.